The minimum atomic E-state index is -0.640. The number of nitrogen functional groups attached to an aromatic ring is 1. The van der Waals surface area contributed by atoms with Crippen LogP contribution in [0.5, 0.6) is 5.75 Å². The smallest absolute Gasteiger partial charge is 0.251 e. The molecule has 0 radical (unpaired) electrons. The molecule has 1 saturated carbocycles. The molecular weight excluding hydrogens is 520 g/mol. The molecule has 4 unspecified atom stereocenters. The Hall–Kier alpha value is -3.18. The van der Waals surface area contributed by atoms with Gasteiger partial charge >= 0.3 is 0 Å². The van der Waals surface area contributed by atoms with Gasteiger partial charge in [0.05, 0.1) is 18.2 Å². The molecule has 1 aliphatic carbocycles. The van der Waals surface area contributed by atoms with E-state index in [9.17, 15) is 9.59 Å². The van der Waals surface area contributed by atoms with Gasteiger partial charge in [-0.25, -0.2) is 0 Å². The maximum atomic E-state index is 13.1. The van der Waals surface area contributed by atoms with Gasteiger partial charge in [-0.05, 0) is 70.7 Å². The molecule has 2 amide bonds. The van der Waals surface area contributed by atoms with Gasteiger partial charge in [0.1, 0.15) is 17.6 Å². The molecule has 4 rings (SSSR count). The lowest BCUT2D eigenvalue weighted by molar-refractivity contribution is -0.138. The predicted molar refractivity (Wildman–Crippen MR) is 162 cm³/mol. The monoisotopic (exact) mass is 568 g/mol. The minimum absolute atomic E-state index is 0.0300. The van der Waals surface area contributed by atoms with Gasteiger partial charge in [-0.1, -0.05) is 0 Å². The number of nitrogens with two attached hydrogens (primary N) is 1. The zero-order valence-electron chi connectivity index (χ0n) is 25.3. The van der Waals surface area contributed by atoms with E-state index in [0.717, 1.165) is 51.9 Å². The third-order valence-electron chi connectivity index (χ3n) is 9.29. The lowest BCUT2D eigenvalue weighted by Gasteiger charge is -2.41. The normalized spacial score (nSPS) is 26.5. The van der Waals surface area contributed by atoms with Crippen LogP contribution in [-0.2, 0) is 4.79 Å². The molecule has 1 aromatic carbocycles. The average molecular weight is 569 g/mol. The van der Waals surface area contributed by atoms with Gasteiger partial charge in [0.25, 0.3) is 5.91 Å². The van der Waals surface area contributed by atoms with Crippen LogP contribution in [0.2, 0.25) is 0 Å². The number of hydrogen-bond acceptors (Lipinski definition) is 8. The summed E-state index contributed by atoms with van der Waals surface area (Å²) in [4.78, 5) is 34.6. The SMILES string of the molecule is COc1cc(C(=O)NCCC(C2CCC(N3CC(C)(C)C(=O)N(C)C(C=N)C3=N)C2)N2CCN(C)CC2)ccc1N. The van der Waals surface area contributed by atoms with Crippen molar-refractivity contribution in [2.45, 2.75) is 57.7 Å². The summed E-state index contributed by atoms with van der Waals surface area (Å²) in [5, 5.41) is 20.0. The molecule has 2 saturated heterocycles. The van der Waals surface area contributed by atoms with Crippen molar-refractivity contribution in [2.75, 3.05) is 66.2 Å². The van der Waals surface area contributed by atoms with Crippen molar-refractivity contribution in [1.29, 1.82) is 10.8 Å². The lowest BCUT2D eigenvalue weighted by atomic mass is 9.90. The van der Waals surface area contributed by atoms with Gasteiger partial charge < -0.3 is 35.9 Å². The number of anilines is 1. The number of rotatable bonds is 9. The highest BCUT2D eigenvalue weighted by molar-refractivity contribution is 6.04. The van der Waals surface area contributed by atoms with E-state index in [4.69, 9.17) is 21.3 Å². The lowest BCUT2D eigenvalue weighted by Crippen LogP contribution is -2.52. The fraction of sp³-hybridized carbons (Fsp3) is 0.667. The summed E-state index contributed by atoms with van der Waals surface area (Å²) in [7, 11) is 5.40. The van der Waals surface area contributed by atoms with E-state index in [2.05, 4.69) is 27.1 Å². The Bertz CT molecular complexity index is 1130. The van der Waals surface area contributed by atoms with Crippen molar-refractivity contribution in [1.82, 2.24) is 24.9 Å². The number of amides is 2. The Balaban J connectivity index is 1.46. The standard InChI is InChI=1S/C30H48N8O3/c1-30(2)19-38(27(33)25(18-31)36(4)29(30)40)22-8-6-20(16-22)24(37-14-12-35(3)13-15-37)10-11-34-28(39)21-7-9-23(32)26(17-21)41-5/h7,9,17-18,20,22,24-25,31,33H,6,8,10-16,19,32H2,1-5H3,(H,34,39). The van der Waals surface area contributed by atoms with Crippen molar-refractivity contribution in [2.24, 2.45) is 11.3 Å². The number of benzene rings is 1. The molecule has 2 aliphatic heterocycles. The summed E-state index contributed by atoms with van der Waals surface area (Å²) < 4.78 is 5.28. The highest BCUT2D eigenvalue weighted by atomic mass is 16.5. The highest BCUT2D eigenvalue weighted by Crippen LogP contribution is 2.38. The number of carbonyl (C=O) groups is 2. The van der Waals surface area contributed by atoms with Crippen LogP contribution in [0.15, 0.2) is 18.2 Å². The highest BCUT2D eigenvalue weighted by Gasteiger charge is 2.45. The van der Waals surface area contributed by atoms with Crippen LogP contribution in [0.3, 0.4) is 0 Å². The van der Waals surface area contributed by atoms with Crippen LogP contribution < -0.4 is 15.8 Å². The van der Waals surface area contributed by atoms with E-state index in [0.29, 0.717) is 47.9 Å². The van der Waals surface area contributed by atoms with Gasteiger partial charge in [0.15, 0.2) is 0 Å². The third-order valence-corrected chi connectivity index (χ3v) is 9.29. The number of nitrogens with zero attached hydrogens (tertiary/aromatic N) is 4. The van der Waals surface area contributed by atoms with Gasteiger partial charge in [-0.2, -0.15) is 0 Å². The molecule has 0 bridgehead atoms. The fourth-order valence-electron chi connectivity index (χ4n) is 6.83. The molecule has 0 aromatic heterocycles. The second-order valence-corrected chi connectivity index (χ2v) is 12.6. The first-order valence-corrected chi connectivity index (χ1v) is 14.7. The Morgan fingerprint density at radius 3 is 2.59 bits per heavy atom. The number of nitrogens with one attached hydrogen (secondary N) is 3. The van der Waals surface area contributed by atoms with Crippen molar-refractivity contribution in [3.63, 3.8) is 0 Å². The number of ether oxygens (including phenoxy) is 1. The second kappa shape index (κ2) is 12.8. The van der Waals surface area contributed by atoms with E-state index < -0.39 is 11.5 Å². The number of likely N-dealkylation sites (N-methyl/N-ethyl adjacent to an activating group) is 2. The summed E-state index contributed by atoms with van der Waals surface area (Å²) in [6.07, 6.45) is 4.97. The number of piperazine rings is 1. The van der Waals surface area contributed by atoms with E-state index in [1.807, 2.05) is 13.8 Å². The minimum Gasteiger partial charge on any atom is -0.495 e. The Morgan fingerprint density at radius 2 is 1.93 bits per heavy atom. The summed E-state index contributed by atoms with van der Waals surface area (Å²) in [5.74, 6) is 1.08. The van der Waals surface area contributed by atoms with Crippen LogP contribution in [0.4, 0.5) is 5.69 Å². The molecule has 11 heteroatoms. The predicted octanol–water partition coefficient (Wildman–Crippen LogP) is 1.98. The van der Waals surface area contributed by atoms with Crippen LogP contribution in [0.25, 0.3) is 0 Å². The summed E-state index contributed by atoms with van der Waals surface area (Å²) in [6, 6.07) is 4.90. The molecule has 11 nitrogen and oxygen atoms in total. The maximum Gasteiger partial charge on any atom is 0.251 e. The van der Waals surface area contributed by atoms with E-state index in [-0.39, 0.29) is 17.9 Å². The first kappa shape index (κ1) is 30.8. The van der Waals surface area contributed by atoms with Crippen molar-refractivity contribution < 1.29 is 14.3 Å². The number of hydrogen-bond donors (Lipinski definition) is 4. The Morgan fingerprint density at radius 1 is 1.22 bits per heavy atom. The quantitative estimate of drug-likeness (QED) is 0.264. The van der Waals surface area contributed by atoms with Crippen molar-refractivity contribution >= 4 is 29.6 Å². The summed E-state index contributed by atoms with van der Waals surface area (Å²) in [5.41, 5.74) is 6.30. The molecule has 0 spiro atoms. The molecule has 4 atom stereocenters. The molecule has 2 heterocycles. The topological polar surface area (TPSA) is 142 Å². The van der Waals surface area contributed by atoms with Crippen LogP contribution in [0.1, 0.15) is 49.9 Å². The molecule has 41 heavy (non-hydrogen) atoms. The molecule has 1 aromatic rings. The first-order valence-electron chi connectivity index (χ1n) is 14.7. The number of carbonyl (C=O) groups excluding carboxylic acids is 2. The molecule has 5 N–H and O–H groups in total. The number of methoxy groups -OCH3 is 1. The zero-order valence-corrected chi connectivity index (χ0v) is 25.3. The number of amidine groups is 1. The van der Waals surface area contributed by atoms with Crippen LogP contribution in [0, 0.1) is 22.2 Å². The van der Waals surface area contributed by atoms with Gasteiger partial charge in [-0.15, -0.1) is 0 Å². The molecule has 3 aliphatic rings. The van der Waals surface area contributed by atoms with Crippen molar-refractivity contribution in [3.8, 4) is 5.75 Å². The average Bonchev–Trinajstić information content (AvgIpc) is 3.42. The van der Waals surface area contributed by atoms with Crippen LogP contribution in [-0.4, -0.2) is 122 Å². The third kappa shape index (κ3) is 6.67. The molecule has 3 fully saturated rings. The molecular formula is C30H48N8O3. The van der Waals surface area contributed by atoms with E-state index >= 15 is 0 Å². The van der Waals surface area contributed by atoms with Gasteiger partial charge in [-0.3, -0.25) is 19.9 Å². The van der Waals surface area contributed by atoms with Gasteiger partial charge in [0.2, 0.25) is 5.91 Å². The first-order chi connectivity index (χ1) is 19.5. The Kier molecular flexibility index (Phi) is 9.59. The second-order valence-electron chi connectivity index (χ2n) is 12.6. The largest absolute Gasteiger partial charge is 0.495 e. The zero-order chi connectivity index (χ0) is 29.9. The maximum absolute atomic E-state index is 13.1. The van der Waals surface area contributed by atoms with Crippen molar-refractivity contribution in [3.05, 3.63) is 23.8 Å². The van der Waals surface area contributed by atoms with E-state index in [1.165, 1.54) is 6.21 Å². The summed E-state index contributed by atoms with van der Waals surface area (Å²) >= 11 is 0. The summed E-state index contributed by atoms with van der Waals surface area (Å²) in [6.45, 7) is 8.95. The fourth-order valence-corrected chi connectivity index (χ4v) is 6.83. The van der Waals surface area contributed by atoms with Gasteiger partial charge in [0, 0.05) is 70.2 Å². The molecule has 226 valence electrons. The Labute approximate surface area is 244 Å². The van der Waals surface area contributed by atoms with E-state index in [1.54, 1.807) is 37.3 Å². The van der Waals surface area contributed by atoms with Crippen LogP contribution >= 0.6 is 0 Å².